The third-order valence-corrected chi connectivity index (χ3v) is 3.15. The first-order chi connectivity index (χ1) is 9.72. The lowest BCUT2D eigenvalue weighted by Gasteiger charge is -2.16. The average molecular weight is 278 g/mol. The molecule has 0 aliphatic rings. The standard InChI is InChI=1S/C16H26N2O2/c1-18(14-15-8-3-2-4-9-15)12-7-11-17-16(20)10-5-6-13-19/h2-4,8-9,19H,5-7,10-14H2,1H3,(H,17,20). The van der Waals surface area contributed by atoms with Crippen LogP contribution in [-0.2, 0) is 11.3 Å². The summed E-state index contributed by atoms with van der Waals surface area (Å²) < 4.78 is 0. The van der Waals surface area contributed by atoms with Crippen molar-refractivity contribution < 1.29 is 9.90 Å². The van der Waals surface area contributed by atoms with Crippen LogP contribution in [0.5, 0.6) is 0 Å². The second kappa shape index (κ2) is 10.4. The van der Waals surface area contributed by atoms with Crippen LogP contribution >= 0.6 is 0 Å². The number of rotatable bonds is 10. The molecule has 112 valence electrons. The van der Waals surface area contributed by atoms with Gasteiger partial charge >= 0.3 is 0 Å². The smallest absolute Gasteiger partial charge is 0.219 e. The summed E-state index contributed by atoms with van der Waals surface area (Å²) in [6, 6.07) is 10.4. The van der Waals surface area contributed by atoms with E-state index in [-0.39, 0.29) is 12.5 Å². The molecule has 0 unspecified atom stereocenters. The van der Waals surface area contributed by atoms with E-state index >= 15 is 0 Å². The van der Waals surface area contributed by atoms with Gasteiger partial charge < -0.3 is 15.3 Å². The number of unbranched alkanes of at least 4 members (excludes halogenated alkanes) is 1. The summed E-state index contributed by atoms with van der Waals surface area (Å²) in [4.78, 5) is 13.7. The molecule has 0 spiro atoms. The Labute approximate surface area is 121 Å². The lowest BCUT2D eigenvalue weighted by Crippen LogP contribution is -2.27. The number of aliphatic hydroxyl groups excluding tert-OH is 1. The van der Waals surface area contributed by atoms with E-state index in [0.717, 1.165) is 32.5 Å². The van der Waals surface area contributed by atoms with Crippen molar-refractivity contribution >= 4 is 5.91 Å². The SMILES string of the molecule is CN(CCCNC(=O)CCCCO)Cc1ccccc1. The minimum atomic E-state index is 0.0872. The number of carbonyl (C=O) groups is 1. The lowest BCUT2D eigenvalue weighted by atomic mass is 10.2. The molecule has 4 heteroatoms. The molecule has 0 radical (unpaired) electrons. The van der Waals surface area contributed by atoms with Gasteiger partial charge in [0, 0.05) is 26.1 Å². The third kappa shape index (κ3) is 7.92. The van der Waals surface area contributed by atoms with Gasteiger partial charge in [-0.1, -0.05) is 30.3 Å². The number of aliphatic hydroxyl groups is 1. The molecule has 4 nitrogen and oxygen atoms in total. The summed E-state index contributed by atoms with van der Waals surface area (Å²) in [5.41, 5.74) is 1.31. The van der Waals surface area contributed by atoms with Crippen LogP contribution < -0.4 is 5.32 Å². The number of benzene rings is 1. The van der Waals surface area contributed by atoms with Gasteiger partial charge in [-0.3, -0.25) is 4.79 Å². The van der Waals surface area contributed by atoms with E-state index in [1.807, 2.05) is 6.07 Å². The minimum Gasteiger partial charge on any atom is -0.396 e. The summed E-state index contributed by atoms with van der Waals surface area (Å²) in [5.74, 6) is 0.0872. The Bertz CT molecular complexity index is 368. The largest absolute Gasteiger partial charge is 0.396 e. The average Bonchev–Trinajstić information content (AvgIpc) is 2.45. The van der Waals surface area contributed by atoms with E-state index in [0.29, 0.717) is 12.8 Å². The van der Waals surface area contributed by atoms with Gasteiger partial charge in [-0.25, -0.2) is 0 Å². The maximum atomic E-state index is 11.4. The quantitative estimate of drug-likeness (QED) is 0.642. The summed E-state index contributed by atoms with van der Waals surface area (Å²) in [5, 5.41) is 11.6. The molecule has 0 saturated carbocycles. The van der Waals surface area contributed by atoms with Gasteiger partial charge in [0.2, 0.25) is 5.91 Å². The Morgan fingerprint density at radius 2 is 1.95 bits per heavy atom. The predicted octanol–water partition coefficient (Wildman–Crippen LogP) is 1.79. The highest BCUT2D eigenvalue weighted by Gasteiger charge is 2.02. The van der Waals surface area contributed by atoms with E-state index in [2.05, 4.69) is 41.5 Å². The molecule has 1 aromatic rings. The van der Waals surface area contributed by atoms with Crippen molar-refractivity contribution in [3.8, 4) is 0 Å². The normalized spacial score (nSPS) is 10.8. The highest BCUT2D eigenvalue weighted by Crippen LogP contribution is 2.02. The zero-order chi connectivity index (χ0) is 14.6. The molecule has 1 amide bonds. The number of hydrogen-bond donors (Lipinski definition) is 2. The van der Waals surface area contributed by atoms with E-state index in [4.69, 9.17) is 5.11 Å². The summed E-state index contributed by atoms with van der Waals surface area (Å²) in [6.07, 6.45) is 2.93. The van der Waals surface area contributed by atoms with Crippen molar-refractivity contribution in [2.24, 2.45) is 0 Å². The Balaban J connectivity index is 2.04. The molecule has 0 aromatic heterocycles. The Morgan fingerprint density at radius 3 is 2.65 bits per heavy atom. The Kier molecular flexibility index (Phi) is 8.67. The van der Waals surface area contributed by atoms with Gasteiger partial charge in [0.25, 0.3) is 0 Å². The van der Waals surface area contributed by atoms with Crippen molar-refractivity contribution in [3.63, 3.8) is 0 Å². The van der Waals surface area contributed by atoms with Gasteiger partial charge in [-0.2, -0.15) is 0 Å². The topological polar surface area (TPSA) is 52.6 Å². The van der Waals surface area contributed by atoms with Gasteiger partial charge in [-0.15, -0.1) is 0 Å². The molecule has 0 heterocycles. The fourth-order valence-electron chi connectivity index (χ4n) is 2.04. The van der Waals surface area contributed by atoms with Crippen molar-refractivity contribution in [2.45, 2.75) is 32.2 Å². The van der Waals surface area contributed by atoms with Crippen LogP contribution in [0.3, 0.4) is 0 Å². The van der Waals surface area contributed by atoms with Gasteiger partial charge in [-0.05, 0) is 38.4 Å². The van der Waals surface area contributed by atoms with Crippen LogP contribution in [0.1, 0.15) is 31.2 Å². The molecule has 20 heavy (non-hydrogen) atoms. The van der Waals surface area contributed by atoms with Crippen LogP contribution in [0, 0.1) is 0 Å². The van der Waals surface area contributed by atoms with Gasteiger partial charge in [0.05, 0.1) is 0 Å². The molecular formula is C16H26N2O2. The first-order valence-corrected chi connectivity index (χ1v) is 7.32. The third-order valence-electron chi connectivity index (χ3n) is 3.15. The molecule has 0 aliphatic heterocycles. The van der Waals surface area contributed by atoms with Crippen LogP contribution in [0.25, 0.3) is 0 Å². The second-order valence-electron chi connectivity index (χ2n) is 5.11. The zero-order valence-electron chi connectivity index (χ0n) is 12.3. The zero-order valence-corrected chi connectivity index (χ0v) is 12.3. The van der Waals surface area contributed by atoms with Crippen molar-refractivity contribution in [2.75, 3.05) is 26.7 Å². The number of carbonyl (C=O) groups excluding carboxylic acids is 1. The Morgan fingerprint density at radius 1 is 1.20 bits per heavy atom. The molecule has 0 saturated heterocycles. The molecule has 1 rings (SSSR count). The van der Waals surface area contributed by atoms with E-state index in [1.165, 1.54) is 5.56 Å². The molecule has 2 N–H and O–H groups in total. The van der Waals surface area contributed by atoms with Crippen molar-refractivity contribution in [3.05, 3.63) is 35.9 Å². The molecular weight excluding hydrogens is 252 g/mol. The number of nitrogens with zero attached hydrogens (tertiary/aromatic N) is 1. The molecule has 0 aliphatic carbocycles. The van der Waals surface area contributed by atoms with Crippen LogP contribution in [0.2, 0.25) is 0 Å². The second-order valence-corrected chi connectivity index (χ2v) is 5.11. The van der Waals surface area contributed by atoms with Crippen LogP contribution in [0.4, 0.5) is 0 Å². The number of nitrogens with one attached hydrogen (secondary N) is 1. The van der Waals surface area contributed by atoms with E-state index in [9.17, 15) is 4.79 Å². The van der Waals surface area contributed by atoms with Crippen molar-refractivity contribution in [1.29, 1.82) is 0 Å². The summed E-state index contributed by atoms with van der Waals surface area (Å²) in [7, 11) is 2.09. The fraction of sp³-hybridized carbons (Fsp3) is 0.562. The minimum absolute atomic E-state index is 0.0872. The molecule has 0 atom stereocenters. The highest BCUT2D eigenvalue weighted by molar-refractivity contribution is 5.75. The fourth-order valence-corrected chi connectivity index (χ4v) is 2.04. The number of hydrogen-bond acceptors (Lipinski definition) is 3. The molecule has 0 bridgehead atoms. The van der Waals surface area contributed by atoms with Gasteiger partial charge in [0.1, 0.15) is 0 Å². The first-order valence-electron chi connectivity index (χ1n) is 7.32. The van der Waals surface area contributed by atoms with Gasteiger partial charge in [0.15, 0.2) is 0 Å². The van der Waals surface area contributed by atoms with E-state index in [1.54, 1.807) is 0 Å². The highest BCUT2D eigenvalue weighted by atomic mass is 16.2. The Hall–Kier alpha value is -1.39. The van der Waals surface area contributed by atoms with Crippen LogP contribution in [-0.4, -0.2) is 42.7 Å². The van der Waals surface area contributed by atoms with Crippen LogP contribution in [0.15, 0.2) is 30.3 Å². The lowest BCUT2D eigenvalue weighted by molar-refractivity contribution is -0.121. The predicted molar refractivity (Wildman–Crippen MR) is 81.3 cm³/mol. The molecule has 0 fully saturated rings. The molecule has 1 aromatic carbocycles. The maximum Gasteiger partial charge on any atom is 0.219 e. The summed E-state index contributed by atoms with van der Waals surface area (Å²) in [6.45, 7) is 2.78. The monoisotopic (exact) mass is 278 g/mol. The summed E-state index contributed by atoms with van der Waals surface area (Å²) >= 11 is 0. The first kappa shape index (κ1) is 16.7. The number of amides is 1. The van der Waals surface area contributed by atoms with E-state index < -0.39 is 0 Å². The van der Waals surface area contributed by atoms with Crippen molar-refractivity contribution in [1.82, 2.24) is 10.2 Å². The maximum absolute atomic E-state index is 11.4.